The monoisotopic (exact) mass is 527 g/mol. The van der Waals surface area contributed by atoms with Gasteiger partial charge >= 0.3 is 6.03 Å². The Morgan fingerprint density at radius 1 is 1.00 bits per heavy atom. The lowest BCUT2D eigenvalue weighted by Gasteiger charge is -2.38. The van der Waals surface area contributed by atoms with Gasteiger partial charge in [0.15, 0.2) is 5.75 Å². The van der Waals surface area contributed by atoms with Gasteiger partial charge in [-0.1, -0.05) is 6.07 Å². The van der Waals surface area contributed by atoms with Crippen LogP contribution in [0.15, 0.2) is 49.1 Å². The molecule has 6 rings (SSSR count). The van der Waals surface area contributed by atoms with E-state index < -0.39 is 0 Å². The number of fused-ring (bicyclic) bond motifs is 1. The SMILES string of the molecule is COc1cncnc1-c1ccc2nc(Nc3cc(CN4CCN(C(=O)N5CCCCC5)CC4)ccn3)[nH]c2c1. The van der Waals surface area contributed by atoms with E-state index >= 15 is 0 Å². The molecule has 0 aliphatic carbocycles. The molecule has 2 aliphatic rings. The molecule has 11 nitrogen and oxygen atoms in total. The molecule has 2 saturated heterocycles. The Morgan fingerprint density at radius 3 is 2.64 bits per heavy atom. The van der Waals surface area contributed by atoms with E-state index in [1.807, 2.05) is 40.3 Å². The Hall–Kier alpha value is -4.25. The highest BCUT2D eigenvalue weighted by atomic mass is 16.5. The van der Waals surface area contributed by atoms with E-state index in [1.165, 1.54) is 12.7 Å². The van der Waals surface area contributed by atoms with Crippen molar-refractivity contribution >= 4 is 28.8 Å². The minimum atomic E-state index is 0.207. The van der Waals surface area contributed by atoms with E-state index in [2.05, 4.69) is 41.2 Å². The van der Waals surface area contributed by atoms with E-state index in [1.54, 1.807) is 13.3 Å². The molecule has 39 heavy (non-hydrogen) atoms. The summed E-state index contributed by atoms with van der Waals surface area (Å²) < 4.78 is 5.41. The van der Waals surface area contributed by atoms with E-state index in [4.69, 9.17) is 4.74 Å². The number of piperidine rings is 1. The fourth-order valence-electron chi connectivity index (χ4n) is 5.30. The molecule has 0 atom stereocenters. The molecule has 2 aliphatic heterocycles. The van der Waals surface area contributed by atoms with Gasteiger partial charge in [0.2, 0.25) is 5.95 Å². The first kappa shape index (κ1) is 25.1. The molecule has 2 fully saturated rings. The van der Waals surface area contributed by atoms with E-state index in [0.717, 1.165) is 92.3 Å². The average Bonchev–Trinajstić information content (AvgIpc) is 3.39. The summed E-state index contributed by atoms with van der Waals surface area (Å²) in [6.45, 7) is 5.89. The summed E-state index contributed by atoms with van der Waals surface area (Å²) in [6, 6.07) is 10.2. The van der Waals surface area contributed by atoms with Gasteiger partial charge in [0.1, 0.15) is 17.8 Å². The number of nitrogens with one attached hydrogen (secondary N) is 2. The predicted octanol–water partition coefficient (Wildman–Crippen LogP) is 3.89. The van der Waals surface area contributed by atoms with Gasteiger partial charge in [-0.25, -0.2) is 24.7 Å². The highest BCUT2D eigenvalue weighted by molar-refractivity contribution is 5.84. The quantitative estimate of drug-likeness (QED) is 0.388. The number of amides is 2. The number of likely N-dealkylation sites (tertiary alicyclic amines) is 1. The van der Waals surface area contributed by atoms with Gasteiger partial charge in [-0.15, -0.1) is 0 Å². The fraction of sp³-hybridized carbons (Fsp3) is 0.393. The zero-order chi connectivity index (χ0) is 26.6. The lowest BCUT2D eigenvalue weighted by atomic mass is 10.1. The van der Waals surface area contributed by atoms with Crippen molar-refractivity contribution in [2.75, 3.05) is 51.7 Å². The number of H-pyrrole nitrogens is 1. The Morgan fingerprint density at radius 2 is 1.82 bits per heavy atom. The fourth-order valence-corrected chi connectivity index (χ4v) is 5.30. The molecule has 11 heteroatoms. The standard InChI is InChI=1S/C28H33N9O2/c1-39-24-17-29-19-31-26(24)21-5-6-22-23(16-21)33-27(32-22)34-25-15-20(7-8-30-25)18-35-11-13-37(14-12-35)28(38)36-9-3-2-4-10-36/h5-8,15-17,19H,2-4,9-14,18H2,1H3,(H2,30,32,33,34). The number of imidazole rings is 1. The number of rotatable bonds is 6. The maximum Gasteiger partial charge on any atom is 0.320 e. The third-order valence-corrected chi connectivity index (χ3v) is 7.40. The first-order valence-electron chi connectivity index (χ1n) is 13.5. The second-order valence-electron chi connectivity index (χ2n) is 10.0. The zero-order valence-electron chi connectivity index (χ0n) is 22.1. The lowest BCUT2D eigenvalue weighted by Crippen LogP contribution is -2.53. The number of ether oxygens (including phenoxy) is 1. The summed E-state index contributed by atoms with van der Waals surface area (Å²) >= 11 is 0. The molecule has 3 aromatic heterocycles. The number of methoxy groups -OCH3 is 1. The van der Waals surface area contributed by atoms with Gasteiger partial charge in [0, 0.05) is 57.6 Å². The Bertz CT molecular complexity index is 1440. The molecule has 2 N–H and O–H groups in total. The maximum atomic E-state index is 12.8. The van der Waals surface area contributed by atoms with Gasteiger partial charge < -0.3 is 24.8 Å². The third kappa shape index (κ3) is 5.63. The Kier molecular flexibility index (Phi) is 7.22. The zero-order valence-corrected chi connectivity index (χ0v) is 22.1. The van der Waals surface area contributed by atoms with Crippen LogP contribution in [0.2, 0.25) is 0 Å². The minimum Gasteiger partial charge on any atom is -0.493 e. The van der Waals surface area contributed by atoms with Crippen LogP contribution in [0.5, 0.6) is 5.75 Å². The third-order valence-electron chi connectivity index (χ3n) is 7.40. The van der Waals surface area contributed by atoms with Gasteiger partial charge in [-0.3, -0.25) is 4.90 Å². The van der Waals surface area contributed by atoms with Crippen LogP contribution in [0.4, 0.5) is 16.6 Å². The van der Waals surface area contributed by atoms with Crippen LogP contribution < -0.4 is 10.1 Å². The van der Waals surface area contributed by atoms with Crippen LogP contribution in [0.3, 0.4) is 0 Å². The Labute approximate surface area is 227 Å². The second kappa shape index (κ2) is 11.2. The number of urea groups is 1. The van der Waals surface area contributed by atoms with E-state index in [0.29, 0.717) is 11.7 Å². The van der Waals surface area contributed by atoms with Gasteiger partial charge in [-0.05, 0) is 49.1 Å². The molecular weight excluding hydrogens is 494 g/mol. The summed E-state index contributed by atoms with van der Waals surface area (Å²) in [4.78, 5) is 40.1. The number of aromatic nitrogens is 5. The number of carbonyl (C=O) groups is 1. The van der Waals surface area contributed by atoms with Crippen LogP contribution >= 0.6 is 0 Å². The first-order valence-corrected chi connectivity index (χ1v) is 13.5. The summed E-state index contributed by atoms with van der Waals surface area (Å²) in [6.07, 6.45) is 8.46. The molecule has 0 unspecified atom stereocenters. The Balaban J connectivity index is 1.08. The molecule has 202 valence electrons. The van der Waals surface area contributed by atoms with Crippen LogP contribution in [-0.4, -0.2) is 92.0 Å². The first-order chi connectivity index (χ1) is 19.2. The van der Waals surface area contributed by atoms with Crippen molar-refractivity contribution in [3.63, 3.8) is 0 Å². The van der Waals surface area contributed by atoms with Crippen LogP contribution in [0.25, 0.3) is 22.3 Å². The highest BCUT2D eigenvalue weighted by Gasteiger charge is 2.26. The van der Waals surface area contributed by atoms with Crippen molar-refractivity contribution in [3.05, 3.63) is 54.6 Å². The maximum absolute atomic E-state index is 12.8. The van der Waals surface area contributed by atoms with E-state index in [-0.39, 0.29) is 6.03 Å². The molecular formula is C28H33N9O2. The largest absolute Gasteiger partial charge is 0.493 e. The van der Waals surface area contributed by atoms with Gasteiger partial charge in [0.25, 0.3) is 0 Å². The van der Waals surface area contributed by atoms with Crippen molar-refractivity contribution in [2.45, 2.75) is 25.8 Å². The van der Waals surface area contributed by atoms with E-state index in [9.17, 15) is 4.79 Å². The average molecular weight is 528 g/mol. The van der Waals surface area contributed by atoms with Crippen LogP contribution in [0, 0.1) is 0 Å². The molecule has 5 heterocycles. The topological polar surface area (TPSA) is 115 Å². The van der Waals surface area contributed by atoms with Crippen molar-refractivity contribution < 1.29 is 9.53 Å². The van der Waals surface area contributed by atoms with Crippen molar-refractivity contribution in [1.29, 1.82) is 0 Å². The molecule has 0 saturated carbocycles. The minimum absolute atomic E-state index is 0.207. The molecule has 4 aromatic rings. The van der Waals surface area contributed by atoms with Gasteiger partial charge in [-0.2, -0.15) is 0 Å². The van der Waals surface area contributed by atoms with Crippen LogP contribution in [-0.2, 0) is 6.54 Å². The smallest absolute Gasteiger partial charge is 0.320 e. The number of piperazine rings is 1. The molecule has 0 radical (unpaired) electrons. The molecule has 2 amide bonds. The number of anilines is 2. The summed E-state index contributed by atoms with van der Waals surface area (Å²) in [5, 5.41) is 3.31. The highest BCUT2D eigenvalue weighted by Crippen LogP contribution is 2.29. The van der Waals surface area contributed by atoms with Crippen molar-refractivity contribution in [3.8, 4) is 17.0 Å². The normalized spacial score (nSPS) is 16.4. The number of pyridine rings is 1. The summed E-state index contributed by atoms with van der Waals surface area (Å²) in [5.41, 5.74) is 4.52. The summed E-state index contributed by atoms with van der Waals surface area (Å²) in [5.74, 6) is 1.96. The summed E-state index contributed by atoms with van der Waals surface area (Å²) in [7, 11) is 1.61. The molecule has 0 spiro atoms. The number of benzene rings is 1. The number of carbonyl (C=O) groups excluding carboxylic acids is 1. The van der Waals surface area contributed by atoms with Crippen molar-refractivity contribution in [1.82, 2.24) is 39.6 Å². The van der Waals surface area contributed by atoms with Crippen molar-refractivity contribution in [2.24, 2.45) is 0 Å². The number of aromatic amines is 1. The molecule has 0 bridgehead atoms. The lowest BCUT2D eigenvalue weighted by molar-refractivity contribution is 0.105. The van der Waals surface area contributed by atoms with Gasteiger partial charge in [0.05, 0.1) is 24.3 Å². The number of hydrogen-bond acceptors (Lipinski definition) is 8. The molecule has 1 aromatic carbocycles. The van der Waals surface area contributed by atoms with Crippen LogP contribution in [0.1, 0.15) is 24.8 Å². The predicted molar refractivity (Wildman–Crippen MR) is 149 cm³/mol. The second-order valence-corrected chi connectivity index (χ2v) is 10.0. The number of hydrogen-bond donors (Lipinski definition) is 2. The number of nitrogens with zero attached hydrogens (tertiary/aromatic N) is 7.